The first kappa shape index (κ1) is 11.5. The quantitative estimate of drug-likeness (QED) is 0.471. The highest BCUT2D eigenvalue weighted by atomic mass is 16.1. The Morgan fingerprint density at radius 1 is 1.24 bits per heavy atom. The van der Waals surface area contributed by atoms with Crippen molar-refractivity contribution >= 4 is 17.2 Å². The molecule has 0 aliphatic carbocycles. The third kappa shape index (κ3) is 2.78. The Bertz CT molecular complexity index is 448. The zero-order chi connectivity index (χ0) is 12.3. The summed E-state index contributed by atoms with van der Waals surface area (Å²) in [6, 6.07) is 4.97. The zero-order valence-corrected chi connectivity index (χ0v) is 9.73. The van der Waals surface area contributed by atoms with E-state index in [0.717, 1.165) is 13.1 Å². The lowest BCUT2D eigenvalue weighted by molar-refractivity contribution is 0.104. The molecule has 4 N–H and O–H groups in total. The first-order chi connectivity index (χ1) is 8.16. The van der Waals surface area contributed by atoms with E-state index in [1.807, 2.05) is 6.20 Å². The number of nitrogens with two attached hydrogens (primary N) is 2. The fourth-order valence-corrected chi connectivity index (χ4v) is 1.94. The number of likely N-dealkylation sites (tertiary alicyclic amines) is 1. The number of benzene rings is 1. The van der Waals surface area contributed by atoms with Crippen molar-refractivity contribution in [3.05, 3.63) is 36.0 Å². The van der Waals surface area contributed by atoms with Crippen molar-refractivity contribution in [2.45, 2.75) is 12.8 Å². The van der Waals surface area contributed by atoms with Gasteiger partial charge in [0.05, 0.1) is 0 Å². The molecule has 0 radical (unpaired) electrons. The molecule has 0 amide bonds. The normalized spacial score (nSPS) is 15.6. The number of nitrogen functional groups attached to an aromatic ring is 2. The summed E-state index contributed by atoms with van der Waals surface area (Å²) >= 11 is 0. The van der Waals surface area contributed by atoms with E-state index in [1.54, 1.807) is 24.3 Å². The lowest BCUT2D eigenvalue weighted by atomic mass is 10.1. The number of carbonyl (C=O) groups is 1. The molecule has 1 aromatic carbocycles. The van der Waals surface area contributed by atoms with Gasteiger partial charge in [0.2, 0.25) is 0 Å². The molecule has 0 saturated carbocycles. The number of rotatable bonds is 3. The fourth-order valence-electron chi connectivity index (χ4n) is 1.94. The van der Waals surface area contributed by atoms with Crippen molar-refractivity contribution in [1.29, 1.82) is 0 Å². The molecule has 0 unspecified atom stereocenters. The molecule has 1 fully saturated rings. The van der Waals surface area contributed by atoms with Crippen LogP contribution in [0.15, 0.2) is 30.5 Å². The Morgan fingerprint density at radius 3 is 2.65 bits per heavy atom. The SMILES string of the molecule is Nc1ccc(N)c(C(=O)C=CN2CCCC2)c1. The maximum atomic E-state index is 11.9. The molecule has 0 bridgehead atoms. The molecule has 1 aliphatic rings. The number of carbonyl (C=O) groups excluding carboxylic acids is 1. The van der Waals surface area contributed by atoms with Crippen LogP contribution in [0.25, 0.3) is 0 Å². The fraction of sp³-hybridized carbons (Fsp3) is 0.308. The largest absolute Gasteiger partial charge is 0.399 e. The van der Waals surface area contributed by atoms with Crippen molar-refractivity contribution in [2.24, 2.45) is 0 Å². The Kier molecular flexibility index (Phi) is 3.32. The van der Waals surface area contributed by atoms with Crippen molar-refractivity contribution in [3.8, 4) is 0 Å². The Hall–Kier alpha value is -1.97. The van der Waals surface area contributed by atoms with Gasteiger partial charge in [-0.15, -0.1) is 0 Å². The average Bonchev–Trinajstić information content (AvgIpc) is 2.82. The molecule has 4 heteroatoms. The van der Waals surface area contributed by atoms with Crippen molar-refractivity contribution < 1.29 is 4.79 Å². The van der Waals surface area contributed by atoms with Crippen LogP contribution < -0.4 is 11.5 Å². The predicted octanol–water partition coefficient (Wildman–Crippen LogP) is 1.64. The monoisotopic (exact) mass is 231 g/mol. The van der Waals surface area contributed by atoms with E-state index in [2.05, 4.69) is 4.90 Å². The van der Waals surface area contributed by atoms with Crippen LogP contribution >= 0.6 is 0 Å². The highest BCUT2D eigenvalue weighted by Gasteiger charge is 2.10. The molecule has 1 heterocycles. The third-order valence-corrected chi connectivity index (χ3v) is 2.92. The standard InChI is InChI=1S/C13H17N3O/c14-10-3-4-12(15)11(9-10)13(17)5-8-16-6-1-2-7-16/h3-5,8-9H,1-2,6-7,14-15H2. The van der Waals surface area contributed by atoms with Gasteiger partial charge in [0.1, 0.15) is 0 Å². The molecule has 1 aromatic rings. The summed E-state index contributed by atoms with van der Waals surface area (Å²) in [6.45, 7) is 2.05. The number of hydrogen-bond acceptors (Lipinski definition) is 4. The van der Waals surface area contributed by atoms with Crippen molar-refractivity contribution in [2.75, 3.05) is 24.6 Å². The zero-order valence-electron chi connectivity index (χ0n) is 9.73. The van der Waals surface area contributed by atoms with E-state index < -0.39 is 0 Å². The first-order valence-electron chi connectivity index (χ1n) is 5.78. The second kappa shape index (κ2) is 4.91. The minimum Gasteiger partial charge on any atom is -0.399 e. The highest BCUT2D eigenvalue weighted by molar-refractivity contribution is 6.08. The molecule has 17 heavy (non-hydrogen) atoms. The maximum absolute atomic E-state index is 11.9. The van der Waals surface area contributed by atoms with E-state index >= 15 is 0 Å². The Labute approximate surface area is 101 Å². The summed E-state index contributed by atoms with van der Waals surface area (Å²) < 4.78 is 0. The summed E-state index contributed by atoms with van der Waals surface area (Å²) in [4.78, 5) is 14.1. The Morgan fingerprint density at radius 2 is 1.94 bits per heavy atom. The molecule has 2 rings (SSSR count). The van der Waals surface area contributed by atoms with Gasteiger partial charge in [-0.3, -0.25) is 4.79 Å². The summed E-state index contributed by atoms with van der Waals surface area (Å²) in [6.07, 6.45) is 5.80. The number of ketones is 1. The van der Waals surface area contributed by atoms with Gasteiger partial charge >= 0.3 is 0 Å². The number of allylic oxidation sites excluding steroid dienone is 1. The molecule has 0 atom stereocenters. The molecular weight excluding hydrogens is 214 g/mol. The van der Waals surface area contributed by atoms with E-state index in [1.165, 1.54) is 12.8 Å². The highest BCUT2D eigenvalue weighted by Crippen LogP contribution is 2.17. The second-order valence-electron chi connectivity index (χ2n) is 4.27. The Balaban J connectivity index is 2.10. The smallest absolute Gasteiger partial charge is 0.189 e. The molecule has 90 valence electrons. The van der Waals surface area contributed by atoms with Crippen molar-refractivity contribution in [3.63, 3.8) is 0 Å². The van der Waals surface area contributed by atoms with Gasteiger partial charge in [-0.1, -0.05) is 0 Å². The first-order valence-corrected chi connectivity index (χ1v) is 5.78. The molecule has 0 spiro atoms. The maximum Gasteiger partial charge on any atom is 0.189 e. The summed E-state index contributed by atoms with van der Waals surface area (Å²) in [5.41, 5.74) is 12.9. The third-order valence-electron chi connectivity index (χ3n) is 2.92. The second-order valence-corrected chi connectivity index (χ2v) is 4.27. The molecule has 0 aromatic heterocycles. The van der Waals surface area contributed by atoms with Crippen LogP contribution in [0, 0.1) is 0 Å². The molecule has 1 saturated heterocycles. The van der Waals surface area contributed by atoms with E-state index in [-0.39, 0.29) is 5.78 Å². The molecule has 4 nitrogen and oxygen atoms in total. The minimum absolute atomic E-state index is 0.0956. The number of anilines is 2. The summed E-state index contributed by atoms with van der Waals surface area (Å²) in [5, 5.41) is 0. The van der Waals surface area contributed by atoms with Crippen LogP contribution in [0.3, 0.4) is 0 Å². The van der Waals surface area contributed by atoms with Gasteiger partial charge in [-0.2, -0.15) is 0 Å². The van der Waals surface area contributed by atoms with Gasteiger partial charge in [-0.25, -0.2) is 0 Å². The van der Waals surface area contributed by atoms with Crippen molar-refractivity contribution in [1.82, 2.24) is 4.90 Å². The van der Waals surface area contributed by atoms with E-state index in [9.17, 15) is 4.79 Å². The van der Waals surface area contributed by atoms with Crippen LogP contribution in [0.4, 0.5) is 11.4 Å². The minimum atomic E-state index is -0.0956. The van der Waals surface area contributed by atoms with Gasteiger partial charge in [0.15, 0.2) is 5.78 Å². The van der Waals surface area contributed by atoms with Gasteiger partial charge in [0, 0.05) is 42.3 Å². The summed E-state index contributed by atoms with van der Waals surface area (Å²) in [7, 11) is 0. The predicted molar refractivity (Wildman–Crippen MR) is 69.5 cm³/mol. The number of nitrogens with zero attached hydrogens (tertiary/aromatic N) is 1. The van der Waals surface area contributed by atoms with Crippen LogP contribution in [0.5, 0.6) is 0 Å². The van der Waals surface area contributed by atoms with Crippen LogP contribution in [-0.4, -0.2) is 23.8 Å². The topological polar surface area (TPSA) is 72.3 Å². The molecular formula is C13H17N3O. The van der Waals surface area contributed by atoms with Gasteiger partial charge < -0.3 is 16.4 Å². The molecule has 1 aliphatic heterocycles. The van der Waals surface area contributed by atoms with E-state index in [0.29, 0.717) is 16.9 Å². The lowest BCUT2D eigenvalue weighted by Gasteiger charge is -2.10. The van der Waals surface area contributed by atoms with E-state index in [4.69, 9.17) is 11.5 Å². The average molecular weight is 231 g/mol. The lowest BCUT2D eigenvalue weighted by Crippen LogP contribution is -2.11. The van der Waals surface area contributed by atoms with Crippen LogP contribution in [0.2, 0.25) is 0 Å². The number of hydrogen-bond donors (Lipinski definition) is 2. The van der Waals surface area contributed by atoms with Crippen LogP contribution in [0.1, 0.15) is 23.2 Å². The van der Waals surface area contributed by atoms with Gasteiger partial charge in [0.25, 0.3) is 0 Å². The van der Waals surface area contributed by atoms with Gasteiger partial charge in [-0.05, 0) is 31.0 Å². The van der Waals surface area contributed by atoms with Crippen LogP contribution in [-0.2, 0) is 0 Å². The summed E-state index contributed by atoms with van der Waals surface area (Å²) in [5.74, 6) is -0.0956.